The van der Waals surface area contributed by atoms with Gasteiger partial charge in [0.1, 0.15) is 0 Å². The SMILES string of the molecule is Cc1ccc(-c2ccc(CCC(=O)O)n2-c2cc(C)cc(C)c2)cc1. The summed E-state index contributed by atoms with van der Waals surface area (Å²) in [6, 6.07) is 19.0. The molecule has 0 amide bonds. The van der Waals surface area contributed by atoms with Crippen LogP contribution in [0.25, 0.3) is 16.9 Å². The van der Waals surface area contributed by atoms with Crippen LogP contribution in [-0.4, -0.2) is 15.6 Å². The van der Waals surface area contributed by atoms with Crippen LogP contribution >= 0.6 is 0 Å². The van der Waals surface area contributed by atoms with Crippen molar-refractivity contribution in [3.05, 3.63) is 77.0 Å². The number of benzene rings is 2. The fourth-order valence-electron chi connectivity index (χ4n) is 3.24. The van der Waals surface area contributed by atoms with Crippen molar-refractivity contribution in [2.75, 3.05) is 0 Å². The van der Waals surface area contributed by atoms with Gasteiger partial charge >= 0.3 is 5.97 Å². The molecule has 0 unspecified atom stereocenters. The van der Waals surface area contributed by atoms with Gasteiger partial charge in [-0.05, 0) is 68.1 Å². The van der Waals surface area contributed by atoms with Crippen LogP contribution in [0, 0.1) is 20.8 Å². The number of aliphatic carboxylic acids is 1. The fourth-order valence-corrected chi connectivity index (χ4v) is 3.24. The third-order valence-electron chi connectivity index (χ3n) is 4.37. The van der Waals surface area contributed by atoms with Crippen LogP contribution in [0.4, 0.5) is 0 Å². The highest BCUT2D eigenvalue weighted by molar-refractivity contribution is 5.68. The van der Waals surface area contributed by atoms with Gasteiger partial charge in [-0.1, -0.05) is 35.9 Å². The highest BCUT2D eigenvalue weighted by Gasteiger charge is 2.13. The van der Waals surface area contributed by atoms with Crippen LogP contribution in [0.15, 0.2) is 54.6 Å². The molecule has 0 saturated carbocycles. The highest BCUT2D eigenvalue weighted by Crippen LogP contribution is 2.28. The van der Waals surface area contributed by atoms with Crippen LogP contribution in [0.3, 0.4) is 0 Å². The molecule has 0 aliphatic heterocycles. The third-order valence-corrected chi connectivity index (χ3v) is 4.37. The Morgan fingerprint density at radius 2 is 1.52 bits per heavy atom. The minimum atomic E-state index is -0.773. The van der Waals surface area contributed by atoms with E-state index in [1.54, 1.807) is 0 Å². The van der Waals surface area contributed by atoms with Gasteiger partial charge in [0.05, 0.1) is 12.1 Å². The molecule has 3 heteroatoms. The number of aryl methyl sites for hydroxylation is 4. The summed E-state index contributed by atoms with van der Waals surface area (Å²) in [5.74, 6) is -0.773. The Morgan fingerprint density at radius 1 is 0.880 bits per heavy atom. The van der Waals surface area contributed by atoms with E-state index in [1.165, 1.54) is 16.7 Å². The zero-order valence-electron chi connectivity index (χ0n) is 14.9. The van der Waals surface area contributed by atoms with Crippen molar-refractivity contribution < 1.29 is 9.90 Å². The van der Waals surface area contributed by atoms with E-state index in [9.17, 15) is 4.79 Å². The number of carboxylic acid groups (broad SMARTS) is 1. The highest BCUT2D eigenvalue weighted by atomic mass is 16.4. The summed E-state index contributed by atoms with van der Waals surface area (Å²) in [5.41, 5.74) is 7.93. The van der Waals surface area contributed by atoms with Crippen LogP contribution < -0.4 is 0 Å². The topological polar surface area (TPSA) is 42.2 Å². The maximum atomic E-state index is 11.0. The number of carbonyl (C=O) groups is 1. The summed E-state index contributed by atoms with van der Waals surface area (Å²) in [4.78, 5) is 11.0. The Morgan fingerprint density at radius 3 is 2.12 bits per heavy atom. The number of hydrogen-bond donors (Lipinski definition) is 1. The second-order valence-electron chi connectivity index (χ2n) is 6.65. The molecule has 0 spiro atoms. The molecule has 1 N–H and O–H groups in total. The number of aromatic nitrogens is 1. The lowest BCUT2D eigenvalue weighted by molar-refractivity contribution is -0.136. The first-order chi connectivity index (χ1) is 11.9. The summed E-state index contributed by atoms with van der Waals surface area (Å²) < 4.78 is 2.19. The molecule has 0 atom stereocenters. The molecule has 1 aromatic heterocycles. The predicted octanol–water partition coefficient (Wildman–Crippen LogP) is 5.09. The largest absolute Gasteiger partial charge is 0.481 e. The Hall–Kier alpha value is -2.81. The minimum absolute atomic E-state index is 0.127. The van der Waals surface area contributed by atoms with Crippen molar-refractivity contribution in [1.82, 2.24) is 4.57 Å². The van der Waals surface area contributed by atoms with Crippen LogP contribution in [0.1, 0.15) is 28.8 Å². The quantitative estimate of drug-likeness (QED) is 0.707. The van der Waals surface area contributed by atoms with Crippen molar-refractivity contribution in [3.8, 4) is 16.9 Å². The van der Waals surface area contributed by atoms with Crippen molar-refractivity contribution in [2.24, 2.45) is 0 Å². The number of hydrogen-bond acceptors (Lipinski definition) is 1. The van der Waals surface area contributed by atoms with Crippen LogP contribution in [0.5, 0.6) is 0 Å². The molecule has 0 fully saturated rings. The van der Waals surface area contributed by atoms with Gasteiger partial charge in [0.15, 0.2) is 0 Å². The minimum Gasteiger partial charge on any atom is -0.481 e. The first kappa shape index (κ1) is 17.0. The van der Waals surface area contributed by atoms with Crippen LogP contribution in [-0.2, 0) is 11.2 Å². The number of rotatable bonds is 5. The van der Waals surface area contributed by atoms with E-state index >= 15 is 0 Å². The van der Waals surface area contributed by atoms with E-state index < -0.39 is 5.97 Å². The first-order valence-corrected chi connectivity index (χ1v) is 8.52. The van der Waals surface area contributed by atoms with Gasteiger partial charge in [0, 0.05) is 11.4 Å². The van der Waals surface area contributed by atoms with Gasteiger partial charge in [0.25, 0.3) is 0 Å². The second-order valence-corrected chi connectivity index (χ2v) is 6.65. The number of nitrogens with zero attached hydrogens (tertiary/aromatic N) is 1. The number of carboxylic acids is 1. The van der Waals surface area contributed by atoms with Gasteiger partial charge in [-0.2, -0.15) is 0 Å². The van der Waals surface area contributed by atoms with Crippen LogP contribution in [0.2, 0.25) is 0 Å². The lowest BCUT2D eigenvalue weighted by Crippen LogP contribution is -2.06. The normalized spacial score (nSPS) is 10.8. The summed E-state index contributed by atoms with van der Waals surface area (Å²) in [6.45, 7) is 6.25. The predicted molar refractivity (Wildman–Crippen MR) is 101 cm³/mol. The molecular formula is C22H23NO2. The molecule has 25 heavy (non-hydrogen) atoms. The maximum Gasteiger partial charge on any atom is 0.303 e. The van der Waals surface area contributed by atoms with Crippen molar-refractivity contribution in [3.63, 3.8) is 0 Å². The summed E-state index contributed by atoms with van der Waals surface area (Å²) in [6.07, 6.45) is 0.635. The Labute approximate surface area is 148 Å². The fraction of sp³-hybridized carbons (Fsp3) is 0.227. The van der Waals surface area contributed by atoms with E-state index in [0.717, 1.165) is 22.6 Å². The van der Waals surface area contributed by atoms with Gasteiger partial charge in [-0.15, -0.1) is 0 Å². The molecular weight excluding hydrogens is 310 g/mol. The van der Waals surface area contributed by atoms with E-state index in [0.29, 0.717) is 6.42 Å². The van der Waals surface area contributed by atoms with Gasteiger partial charge < -0.3 is 9.67 Å². The van der Waals surface area contributed by atoms with Crippen molar-refractivity contribution >= 4 is 5.97 Å². The van der Waals surface area contributed by atoms with Gasteiger partial charge in [-0.3, -0.25) is 4.79 Å². The standard InChI is InChI=1S/C22H23NO2/c1-15-4-6-18(7-5-15)21-10-8-19(9-11-22(24)25)23(21)20-13-16(2)12-17(3)14-20/h4-8,10,12-14H,9,11H2,1-3H3,(H,24,25). The smallest absolute Gasteiger partial charge is 0.303 e. The second kappa shape index (κ2) is 6.98. The average molecular weight is 333 g/mol. The van der Waals surface area contributed by atoms with E-state index in [4.69, 9.17) is 5.11 Å². The molecule has 128 valence electrons. The lowest BCUT2D eigenvalue weighted by Gasteiger charge is -2.15. The zero-order chi connectivity index (χ0) is 18.0. The van der Waals surface area contributed by atoms with E-state index in [-0.39, 0.29) is 6.42 Å². The van der Waals surface area contributed by atoms with E-state index in [1.807, 2.05) is 6.07 Å². The molecule has 0 bridgehead atoms. The zero-order valence-corrected chi connectivity index (χ0v) is 14.9. The maximum absolute atomic E-state index is 11.0. The molecule has 0 saturated heterocycles. The molecule has 3 rings (SSSR count). The molecule has 1 heterocycles. The molecule has 0 aliphatic rings. The third kappa shape index (κ3) is 3.82. The summed E-state index contributed by atoms with van der Waals surface area (Å²) in [5, 5.41) is 9.07. The van der Waals surface area contributed by atoms with Crippen molar-refractivity contribution in [2.45, 2.75) is 33.6 Å². The first-order valence-electron chi connectivity index (χ1n) is 8.52. The molecule has 0 aliphatic carbocycles. The van der Waals surface area contributed by atoms with E-state index in [2.05, 4.69) is 73.9 Å². The summed E-state index contributed by atoms with van der Waals surface area (Å²) in [7, 11) is 0. The van der Waals surface area contributed by atoms with Gasteiger partial charge in [0.2, 0.25) is 0 Å². The molecule has 3 nitrogen and oxygen atoms in total. The Balaban J connectivity index is 2.15. The molecule has 3 aromatic rings. The Kier molecular flexibility index (Phi) is 4.75. The lowest BCUT2D eigenvalue weighted by atomic mass is 10.1. The monoisotopic (exact) mass is 333 g/mol. The Bertz CT molecular complexity index is 884. The average Bonchev–Trinajstić information content (AvgIpc) is 2.96. The summed E-state index contributed by atoms with van der Waals surface area (Å²) >= 11 is 0. The molecule has 0 radical (unpaired) electrons. The van der Waals surface area contributed by atoms with Crippen molar-refractivity contribution in [1.29, 1.82) is 0 Å². The molecule has 2 aromatic carbocycles. The van der Waals surface area contributed by atoms with Gasteiger partial charge in [-0.25, -0.2) is 0 Å².